The van der Waals surface area contributed by atoms with Crippen LogP contribution in [0.15, 0.2) is 24.3 Å². The summed E-state index contributed by atoms with van der Waals surface area (Å²) in [4.78, 5) is 51.3. The number of carbonyl (C=O) groups excluding carboxylic acids is 4. The van der Waals surface area contributed by atoms with Crippen molar-refractivity contribution < 1.29 is 34.8 Å². The molecule has 0 radical (unpaired) electrons. The average molecular weight is 898 g/mol. The topological polar surface area (TPSA) is 105 Å². The summed E-state index contributed by atoms with van der Waals surface area (Å²) < 4.78 is 24.1. The molecule has 0 aromatic heterocycles. The van der Waals surface area contributed by atoms with Crippen LogP contribution in [-0.4, -0.2) is 56.3 Å². The first kappa shape index (κ1) is 54.2. The number of carbonyl (C=O) groups is 4. The number of unbranched alkanes of at least 4 members (excludes halogenated alkanes) is 27. The number of ether oxygens (including phenoxy) is 2. The Hall–Kier alpha value is -1.84. The first-order valence-electron chi connectivity index (χ1n) is 23.5. The minimum atomic E-state index is -4.39. The fourth-order valence-electron chi connectivity index (χ4n) is 6.85. The summed E-state index contributed by atoms with van der Waals surface area (Å²) in [7, 11) is 0. The summed E-state index contributed by atoms with van der Waals surface area (Å²) >= 11 is -4.39. The van der Waals surface area contributed by atoms with Gasteiger partial charge in [0.05, 0.1) is 0 Å². The third-order valence-electron chi connectivity index (χ3n) is 10.3. The minimum Gasteiger partial charge on any atom is -0.0654 e. The molecule has 0 atom stereocenters. The van der Waals surface area contributed by atoms with Crippen LogP contribution in [0.3, 0.4) is 0 Å². The summed E-state index contributed by atoms with van der Waals surface area (Å²) in [6.45, 7) is 9.45. The van der Waals surface area contributed by atoms with E-state index in [2.05, 4.69) is 27.7 Å². The molecule has 0 aliphatic carbocycles. The Morgan fingerprint density at radius 2 is 0.554 bits per heavy atom. The van der Waals surface area contributed by atoms with Crippen molar-refractivity contribution in [3.63, 3.8) is 0 Å². The van der Waals surface area contributed by atoms with Crippen LogP contribution in [0.4, 0.5) is 0 Å². The number of hydrogen-bond donors (Lipinski definition) is 0. The van der Waals surface area contributed by atoms with Gasteiger partial charge >= 0.3 is 279 Å². The van der Waals surface area contributed by atoms with Crippen LogP contribution in [0.1, 0.15) is 227 Å². The van der Waals surface area contributed by atoms with Crippen molar-refractivity contribution in [2.24, 2.45) is 0 Å². The molecule has 0 bridgehead atoms. The average Bonchev–Trinajstić information content (AvgIpc) is 3.18. The van der Waals surface area contributed by atoms with Crippen LogP contribution in [0, 0.1) is 0 Å². The first-order valence-corrected chi connectivity index (χ1v) is 29.8. The van der Waals surface area contributed by atoms with E-state index in [9.17, 15) is 19.2 Å². The molecule has 0 unspecified atom stereocenters. The standard InChI is InChI=1S/C18H32O4.C13H22O4.2C8H17.Sn/c1-2-3-4-5-6-7-8-9-10-11-12-13-16-22-18(21)15-14-17(19)20;1-2-3-4-5-6-7-8-11-17-13(16)10-9-12(14)15;2*1-3-5-7-8-6-4-2;/h14-15H,2-13,16H2,1H3,(H,19,20);9-10H,2-8,11H2,1H3,(H,14,15);2*1,3-8H2,2H3;/q;;;;+2/p-2. The van der Waals surface area contributed by atoms with Gasteiger partial charge in [-0.05, 0) is 0 Å². The van der Waals surface area contributed by atoms with Crippen LogP contribution in [0.2, 0.25) is 8.87 Å². The van der Waals surface area contributed by atoms with Crippen LogP contribution in [0.25, 0.3) is 0 Å². The smallest absolute Gasteiger partial charge is 0.0654 e. The monoisotopic (exact) mass is 899 g/mol. The Kier molecular flexibility index (Phi) is 40.0. The first-order chi connectivity index (χ1) is 27.3. The van der Waals surface area contributed by atoms with Crippen LogP contribution >= 0.6 is 0 Å². The fraction of sp³-hybridized carbons (Fsp3) is 0.830. The van der Waals surface area contributed by atoms with E-state index < -0.39 is 43.1 Å². The molecule has 8 nitrogen and oxygen atoms in total. The third-order valence-corrected chi connectivity index (χ3v) is 20.0. The molecule has 0 saturated heterocycles. The molecule has 326 valence electrons. The Balaban J connectivity index is 5.21. The molecule has 0 saturated carbocycles. The molecular weight excluding hydrogens is 811 g/mol. The van der Waals surface area contributed by atoms with Crippen molar-refractivity contribution in [2.45, 2.75) is 236 Å². The maximum absolute atomic E-state index is 13.2. The van der Waals surface area contributed by atoms with Crippen molar-refractivity contribution >= 4 is 43.1 Å². The van der Waals surface area contributed by atoms with Gasteiger partial charge in [-0.25, -0.2) is 0 Å². The molecule has 0 rings (SSSR count). The molecule has 0 aromatic carbocycles. The molecule has 0 amide bonds. The molecule has 0 aromatic rings. The van der Waals surface area contributed by atoms with Crippen LogP contribution < -0.4 is 0 Å². The molecule has 0 aliphatic heterocycles. The second kappa shape index (κ2) is 41.3. The van der Waals surface area contributed by atoms with Crippen molar-refractivity contribution in [1.29, 1.82) is 0 Å². The van der Waals surface area contributed by atoms with Gasteiger partial charge in [0.1, 0.15) is 0 Å². The second-order valence-corrected chi connectivity index (χ2v) is 25.0. The summed E-state index contributed by atoms with van der Waals surface area (Å²) in [5.74, 6) is -2.51. The normalized spacial score (nSPS) is 11.7. The molecule has 9 heteroatoms. The second-order valence-electron chi connectivity index (χ2n) is 15.8. The van der Waals surface area contributed by atoms with E-state index in [0.717, 1.165) is 127 Å². The van der Waals surface area contributed by atoms with Gasteiger partial charge < -0.3 is 0 Å². The Labute approximate surface area is 349 Å². The minimum absolute atomic E-state index is 0.316. The van der Waals surface area contributed by atoms with E-state index in [1.54, 1.807) is 0 Å². The zero-order chi connectivity index (χ0) is 41.2. The van der Waals surface area contributed by atoms with Gasteiger partial charge in [0.2, 0.25) is 0 Å². The molecule has 0 aliphatic rings. The van der Waals surface area contributed by atoms with Gasteiger partial charge in [0, 0.05) is 0 Å². The predicted octanol–water partition coefficient (Wildman–Crippen LogP) is 13.9. The van der Waals surface area contributed by atoms with Gasteiger partial charge in [-0.1, -0.05) is 71.6 Å². The quantitative estimate of drug-likeness (QED) is 0.0259. The van der Waals surface area contributed by atoms with E-state index >= 15 is 0 Å². The predicted molar refractivity (Wildman–Crippen MR) is 234 cm³/mol. The van der Waals surface area contributed by atoms with Crippen LogP contribution in [0.5, 0.6) is 0 Å². The number of hydrogen-bond acceptors (Lipinski definition) is 8. The molecule has 0 fully saturated rings. The zero-order valence-corrected chi connectivity index (χ0v) is 39.7. The maximum atomic E-state index is 13.2. The molecule has 0 heterocycles. The van der Waals surface area contributed by atoms with Gasteiger partial charge in [0.25, 0.3) is 0 Å². The van der Waals surface area contributed by atoms with Crippen LogP contribution in [-0.2, 0) is 34.8 Å². The van der Waals surface area contributed by atoms with E-state index in [1.165, 1.54) is 96.3 Å². The van der Waals surface area contributed by atoms with Crippen molar-refractivity contribution in [1.82, 2.24) is 0 Å². The number of esters is 2. The van der Waals surface area contributed by atoms with Crippen molar-refractivity contribution in [3.8, 4) is 0 Å². The fourth-order valence-corrected chi connectivity index (χ4v) is 15.8. The SMILES string of the molecule is CCCCCCCCCCCCCCOC(=O)C=CC(=O)[O][Sn]([CH2]CCCCCCC)([CH2]CCCCCCC)[O]C(=O)C=CC(=O)OCCCCCCCCC. The van der Waals surface area contributed by atoms with Gasteiger partial charge in [-0.15, -0.1) is 0 Å². The van der Waals surface area contributed by atoms with E-state index in [4.69, 9.17) is 15.6 Å². The Morgan fingerprint density at radius 1 is 0.321 bits per heavy atom. The zero-order valence-electron chi connectivity index (χ0n) is 36.8. The summed E-state index contributed by atoms with van der Waals surface area (Å²) in [5, 5.41) is 0. The molecule has 0 spiro atoms. The third kappa shape index (κ3) is 36.5. The summed E-state index contributed by atoms with van der Waals surface area (Å²) in [5.41, 5.74) is 0. The summed E-state index contributed by atoms with van der Waals surface area (Å²) in [6.07, 6.45) is 39.7. The van der Waals surface area contributed by atoms with Gasteiger partial charge in [-0.2, -0.15) is 0 Å². The van der Waals surface area contributed by atoms with E-state index in [-0.39, 0.29) is 0 Å². The van der Waals surface area contributed by atoms with Gasteiger partial charge in [0.15, 0.2) is 0 Å². The molecule has 56 heavy (non-hydrogen) atoms. The van der Waals surface area contributed by atoms with Crippen molar-refractivity contribution in [3.05, 3.63) is 24.3 Å². The summed E-state index contributed by atoms with van der Waals surface area (Å²) in [6, 6.07) is 0. The Bertz CT molecular complexity index is 994. The molecule has 0 N–H and O–H groups in total. The van der Waals surface area contributed by atoms with E-state index in [1.807, 2.05) is 0 Å². The Morgan fingerprint density at radius 3 is 0.839 bits per heavy atom. The molecular formula is C47H86O8Sn. The van der Waals surface area contributed by atoms with E-state index in [0.29, 0.717) is 22.1 Å². The van der Waals surface area contributed by atoms with Crippen molar-refractivity contribution in [2.75, 3.05) is 13.2 Å². The van der Waals surface area contributed by atoms with Gasteiger partial charge in [-0.3, -0.25) is 0 Å². The number of rotatable bonds is 41.